The molecule has 1 N–H and O–H groups in total. The lowest BCUT2D eigenvalue weighted by Gasteiger charge is -2.28. The third-order valence-electron chi connectivity index (χ3n) is 1.04. The van der Waals surface area contributed by atoms with Crippen LogP contribution in [0, 0.1) is 0 Å². The number of carbonyl (C=O) groups is 2. The van der Waals surface area contributed by atoms with Crippen LogP contribution in [0.3, 0.4) is 0 Å². The molecule has 5 heteroatoms. The second-order valence-corrected chi connectivity index (χ2v) is 3.58. The van der Waals surface area contributed by atoms with E-state index in [0.717, 1.165) is 6.92 Å². The van der Waals surface area contributed by atoms with E-state index in [0.29, 0.717) is 0 Å². The zero-order chi connectivity index (χ0) is 14.9. The first-order valence-corrected chi connectivity index (χ1v) is 3.96. The van der Waals surface area contributed by atoms with E-state index in [4.69, 9.17) is 10.6 Å². The first-order valence-electron chi connectivity index (χ1n) is 5.96. The quantitative estimate of drug-likeness (QED) is 0.514. The van der Waals surface area contributed by atoms with Gasteiger partial charge in [-0.15, -0.1) is 0 Å². The fraction of sp³-hybridized carbons (Fsp3) is 0.778. The molecule has 0 bridgehead atoms. The minimum absolute atomic E-state index is 0.419. The molecule has 0 spiro atoms. The number of carboxylic acid groups (broad SMARTS) is 1. The molecule has 82 valence electrons. The number of rotatable bonds is 5. The van der Waals surface area contributed by atoms with Gasteiger partial charge < -0.3 is 14.3 Å². The minimum Gasteiger partial charge on any atom is -0.481 e. The van der Waals surface area contributed by atoms with Crippen LogP contribution in [0.15, 0.2) is 0 Å². The molecule has 0 aromatic carbocycles. The molecule has 0 aliphatic heterocycles. The summed E-state index contributed by atoms with van der Waals surface area (Å²) in [6.45, 7) is -1.44. The predicted molar refractivity (Wildman–Crippen MR) is 50.7 cm³/mol. The van der Waals surface area contributed by atoms with Crippen molar-refractivity contribution in [3.63, 3.8) is 0 Å². The zero-order valence-corrected chi connectivity index (χ0v) is 8.70. The molecule has 0 unspecified atom stereocenters. The molecule has 0 saturated heterocycles. The van der Waals surface area contributed by atoms with Gasteiger partial charge >= 0.3 is 11.9 Å². The Morgan fingerprint density at radius 3 is 2.29 bits per heavy atom. The van der Waals surface area contributed by atoms with Crippen LogP contribution < -0.4 is 0 Å². The molecule has 0 aromatic heterocycles. The van der Waals surface area contributed by atoms with Crippen molar-refractivity contribution >= 4 is 11.9 Å². The van der Waals surface area contributed by atoms with E-state index < -0.39 is 35.4 Å². The van der Waals surface area contributed by atoms with Crippen LogP contribution in [-0.4, -0.2) is 55.3 Å². The van der Waals surface area contributed by atoms with Crippen molar-refractivity contribution in [2.24, 2.45) is 0 Å². The summed E-state index contributed by atoms with van der Waals surface area (Å²) >= 11 is 0. The summed E-state index contributed by atoms with van der Waals surface area (Å²) in [6, 6.07) is 0. The van der Waals surface area contributed by atoms with Gasteiger partial charge in [0.15, 0.2) is 6.10 Å². The summed E-state index contributed by atoms with van der Waals surface area (Å²) in [5, 5.41) is 8.81. The summed E-state index contributed by atoms with van der Waals surface area (Å²) in [4.78, 5) is 21.8. The van der Waals surface area contributed by atoms with Gasteiger partial charge in [-0.3, -0.25) is 9.59 Å². The molecule has 0 radical (unpaired) electrons. The third kappa shape index (κ3) is 7.54. The molecule has 0 rings (SSSR count). The van der Waals surface area contributed by atoms with E-state index in [1.165, 1.54) is 21.1 Å². The van der Waals surface area contributed by atoms with Crippen molar-refractivity contribution in [3.8, 4) is 0 Å². The number of hydrogen-bond donors (Lipinski definition) is 1. The lowest BCUT2D eigenvalue weighted by molar-refractivity contribution is -0.873. The van der Waals surface area contributed by atoms with Gasteiger partial charge in [0.2, 0.25) is 0 Å². The summed E-state index contributed by atoms with van der Waals surface area (Å²) in [5.74, 6) is -2.83. The van der Waals surface area contributed by atoms with Crippen LogP contribution in [-0.2, 0) is 14.3 Å². The summed E-state index contributed by atoms with van der Waals surface area (Å²) < 4.78 is 34.6. The molecule has 0 amide bonds. The van der Waals surface area contributed by atoms with Gasteiger partial charge in [0.05, 0.1) is 30.3 Å². The average molecular weight is 208 g/mol. The Kier molecular flexibility index (Phi) is 2.55. The molecule has 0 heterocycles. The van der Waals surface area contributed by atoms with Gasteiger partial charge in [-0.05, 0) is 0 Å². The van der Waals surface area contributed by atoms with Crippen LogP contribution in [0.25, 0.3) is 0 Å². The lowest BCUT2D eigenvalue weighted by Crippen LogP contribution is -2.43. The Labute approximate surface area is 89.5 Å². The van der Waals surface area contributed by atoms with Gasteiger partial charge in [0.25, 0.3) is 0 Å². The second kappa shape index (κ2) is 4.95. The van der Waals surface area contributed by atoms with Crippen LogP contribution in [0.4, 0.5) is 0 Å². The molecule has 0 aliphatic carbocycles. The van der Waals surface area contributed by atoms with Crippen molar-refractivity contribution < 1.29 is 29.4 Å². The Balaban J connectivity index is 5.65. The summed E-state index contributed by atoms with van der Waals surface area (Å²) in [6.07, 6.45) is -5.08. The molecular weight excluding hydrogens is 186 g/mol. The monoisotopic (exact) mass is 208 g/mol. The highest BCUT2D eigenvalue weighted by Gasteiger charge is 2.23. The molecule has 5 nitrogen and oxygen atoms in total. The van der Waals surface area contributed by atoms with Crippen LogP contribution in [0.2, 0.25) is 0 Å². The van der Waals surface area contributed by atoms with Crippen molar-refractivity contribution in [2.45, 2.75) is 19.4 Å². The largest absolute Gasteiger partial charge is 0.481 e. The Hall–Kier alpha value is -1.10. The van der Waals surface area contributed by atoms with Crippen molar-refractivity contribution in [3.05, 3.63) is 0 Å². The van der Waals surface area contributed by atoms with Crippen LogP contribution >= 0.6 is 0 Å². The highest BCUT2D eigenvalue weighted by Crippen LogP contribution is 2.04. The first-order chi connectivity index (χ1) is 7.74. The van der Waals surface area contributed by atoms with Crippen LogP contribution in [0.1, 0.15) is 18.8 Å². The Morgan fingerprint density at radius 2 is 2.00 bits per heavy atom. The minimum atomic E-state index is -3.03. The van der Waals surface area contributed by atoms with Gasteiger partial charge in [-0.2, -0.15) is 0 Å². The highest BCUT2D eigenvalue weighted by atomic mass is 16.5. The molecule has 0 aliphatic rings. The number of likely N-dealkylation sites (N-methyl/N-ethyl adjacent to an activating group) is 1. The van der Waals surface area contributed by atoms with Crippen molar-refractivity contribution in [1.29, 1.82) is 0 Å². The van der Waals surface area contributed by atoms with E-state index in [9.17, 15) is 9.59 Å². The van der Waals surface area contributed by atoms with Gasteiger partial charge in [-0.1, -0.05) is 0 Å². The van der Waals surface area contributed by atoms with E-state index >= 15 is 0 Å². The van der Waals surface area contributed by atoms with Gasteiger partial charge in [-0.25, -0.2) is 0 Å². The first kappa shape index (κ1) is 7.23. The number of hydrogen-bond acceptors (Lipinski definition) is 3. The van der Waals surface area contributed by atoms with E-state index in [1.54, 1.807) is 0 Å². The summed E-state index contributed by atoms with van der Waals surface area (Å²) in [5.41, 5.74) is 0. The number of esters is 1. The normalized spacial score (nSPS) is 19.7. The molecule has 1 atom stereocenters. The van der Waals surface area contributed by atoms with Gasteiger partial charge in [0.1, 0.15) is 6.50 Å². The molecule has 0 fully saturated rings. The summed E-state index contributed by atoms with van der Waals surface area (Å²) in [7, 11) is 4.23. The highest BCUT2D eigenvalue weighted by molar-refractivity contribution is 5.69. The third-order valence-corrected chi connectivity index (χ3v) is 1.04. The maximum absolute atomic E-state index is 10.9. The number of quaternary nitrogens is 1. The number of aliphatic carboxylic acids is 1. The van der Waals surface area contributed by atoms with Crippen molar-refractivity contribution in [2.75, 3.05) is 27.6 Å². The second-order valence-electron chi connectivity index (χ2n) is 3.58. The molecule has 0 saturated carbocycles. The number of nitrogens with zero attached hydrogens (tertiary/aromatic N) is 1. The fourth-order valence-corrected chi connectivity index (χ4v) is 0.718. The molecule has 0 aromatic rings. The van der Waals surface area contributed by atoms with Crippen LogP contribution in [0.5, 0.6) is 0 Å². The van der Waals surface area contributed by atoms with Crippen molar-refractivity contribution in [1.82, 2.24) is 0 Å². The number of carbonyl (C=O) groups excluding carboxylic acids is 1. The zero-order valence-electron chi connectivity index (χ0n) is 12.7. The fourth-order valence-electron chi connectivity index (χ4n) is 0.718. The molecule has 14 heavy (non-hydrogen) atoms. The lowest BCUT2D eigenvalue weighted by atomic mass is 10.2. The van der Waals surface area contributed by atoms with Gasteiger partial charge in [0, 0.05) is 9.67 Å². The predicted octanol–water partition coefficient (Wildman–Crippen LogP) is 0.0990. The van der Waals surface area contributed by atoms with E-state index in [2.05, 4.69) is 4.74 Å². The smallest absolute Gasteiger partial charge is 0.307 e. The number of ether oxygens (including phenoxy) is 1. The Morgan fingerprint density at radius 1 is 1.50 bits per heavy atom. The topological polar surface area (TPSA) is 63.6 Å². The van der Waals surface area contributed by atoms with E-state index in [-0.39, 0.29) is 0 Å². The van der Waals surface area contributed by atoms with E-state index in [1.807, 2.05) is 0 Å². The SMILES string of the molecule is [2H]C([2H])(C(=O)O)[C@@H](OC(C)=O)C([2H])([2H])[N+](C)(C)C. The standard InChI is InChI=1S/C9H17NO4/c1-7(11)14-8(5-9(12)13)6-10(2,3)4/h8H,5-6H2,1-4H3/p+1/t8-/m1/s1/i5D2,6D2. The molecular formula is C9H18NO4+. The Bertz CT molecular complexity index is 351. The average Bonchev–Trinajstić information content (AvgIpc) is 2.11. The number of carboxylic acids is 1. The maximum Gasteiger partial charge on any atom is 0.307 e. The maximum atomic E-state index is 10.9.